The van der Waals surface area contributed by atoms with E-state index < -0.39 is 0 Å². The summed E-state index contributed by atoms with van der Waals surface area (Å²) in [6.45, 7) is 21.3. The third kappa shape index (κ3) is 21.0. The van der Waals surface area contributed by atoms with Crippen LogP contribution in [0.15, 0.2) is 169 Å². The molecule has 0 unspecified atom stereocenters. The molecule has 0 aliphatic carbocycles. The Hall–Kier alpha value is -5.01. The maximum atomic E-state index is 4.08. The first-order valence-electron chi connectivity index (χ1n) is 18.1. The lowest BCUT2D eigenvalue weighted by Gasteiger charge is -2.03. The van der Waals surface area contributed by atoms with Crippen LogP contribution >= 0.6 is 0 Å². The Balaban J connectivity index is 0.000000307. The molecule has 0 aromatic heterocycles. The van der Waals surface area contributed by atoms with Gasteiger partial charge in [0.25, 0.3) is 0 Å². The molecule has 268 valence electrons. The van der Waals surface area contributed by atoms with E-state index in [0.29, 0.717) is 5.92 Å². The fourth-order valence-corrected chi connectivity index (χ4v) is 4.33. The van der Waals surface area contributed by atoms with Crippen LogP contribution in [0.1, 0.15) is 83.7 Å². The lowest BCUT2D eigenvalue weighted by molar-refractivity contribution is 0.866. The molecule has 6 aromatic carbocycles. The third-order valence-electron chi connectivity index (χ3n) is 8.31. The maximum absolute atomic E-state index is 4.08. The predicted molar refractivity (Wildman–Crippen MR) is 229 cm³/mol. The van der Waals surface area contributed by atoms with Gasteiger partial charge in [-0.15, -0.1) is 0 Å². The van der Waals surface area contributed by atoms with Gasteiger partial charge < -0.3 is 0 Å². The van der Waals surface area contributed by atoms with Gasteiger partial charge in [0.05, 0.1) is 0 Å². The van der Waals surface area contributed by atoms with Gasteiger partial charge in [-0.2, -0.15) is 0 Å². The molecule has 0 amide bonds. The van der Waals surface area contributed by atoms with Gasteiger partial charge in [-0.3, -0.25) is 4.99 Å². The average molecular weight is 678 g/mol. The fraction of sp³-hybridized carbons (Fsp3) is 0.260. The van der Waals surface area contributed by atoms with Gasteiger partial charge in [0.1, 0.15) is 0 Å². The normalized spacial score (nSPS) is 9.84. The molecule has 0 spiro atoms. The lowest BCUT2D eigenvalue weighted by Crippen LogP contribution is -1.91. The van der Waals surface area contributed by atoms with Crippen molar-refractivity contribution in [1.82, 2.24) is 0 Å². The van der Waals surface area contributed by atoms with Crippen molar-refractivity contribution >= 4 is 5.71 Å². The average Bonchev–Trinajstić information content (AvgIpc) is 3.16. The second-order valence-corrected chi connectivity index (χ2v) is 12.9. The van der Waals surface area contributed by atoms with Crippen LogP contribution in [0.3, 0.4) is 0 Å². The van der Waals surface area contributed by atoms with Crippen molar-refractivity contribution in [2.75, 3.05) is 7.05 Å². The van der Waals surface area contributed by atoms with Crippen LogP contribution in [0.2, 0.25) is 0 Å². The van der Waals surface area contributed by atoms with Crippen LogP contribution in [0, 0.1) is 41.5 Å². The molecule has 0 heterocycles. The Morgan fingerprint density at radius 3 is 1.06 bits per heavy atom. The summed E-state index contributed by atoms with van der Waals surface area (Å²) in [5.41, 5.74) is 13.2. The molecular formula is C50H63N. The summed E-state index contributed by atoms with van der Waals surface area (Å²) < 4.78 is 0. The third-order valence-corrected chi connectivity index (χ3v) is 8.31. The Morgan fingerprint density at radius 1 is 0.451 bits per heavy atom. The zero-order chi connectivity index (χ0) is 37.9. The van der Waals surface area contributed by atoms with Gasteiger partial charge in [-0.05, 0) is 99.7 Å². The summed E-state index contributed by atoms with van der Waals surface area (Å²) in [4.78, 5) is 4.08. The molecule has 0 atom stereocenters. The maximum Gasteiger partial charge on any atom is 0.0386 e. The predicted octanol–water partition coefficient (Wildman–Crippen LogP) is 14.1. The summed E-state index contributed by atoms with van der Waals surface area (Å²) in [6.07, 6.45) is 1.14. The van der Waals surface area contributed by atoms with Crippen molar-refractivity contribution in [3.63, 3.8) is 0 Å². The van der Waals surface area contributed by atoms with Crippen LogP contribution in [-0.4, -0.2) is 12.8 Å². The van der Waals surface area contributed by atoms with E-state index in [9.17, 15) is 0 Å². The van der Waals surface area contributed by atoms with Gasteiger partial charge in [0.2, 0.25) is 0 Å². The minimum Gasteiger partial charge on any atom is -0.293 e. The van der Waals surface area contributed by atoms with Gasteiger partial charge in [-0.1, -0.05) is 196 Å². The molecule has 0 N–H and O–H groups in total. The Kier molecular flexibility index (Phi) is 23.1. The van der Waals surface area contributed by atoms with Crippen molar-refractivity contribution in [2.45, 2.75) is 81.6 Å². The first kappa shape index (κ1) is 44.0. The van der Waals surface area contributed by atoms with Crippen LogP contribution in [-0.2, 0) is 6.42 Å². The molecule has 1 nitrogen and oxygen atoms in total. The van der Waals surface area contributed by atoms with E-state index in [4.69, 9.17) is 0 Å². The lowest BCUT2D eigenvalue weighted by atomic mass is 10.0. The minimum absolute atomic E-state index is 0.653. The second-order valence-electron chi connectivity index (χ2n) is 12.9. The van der Waals surface area contributed by atoms with Crippen molar-refractivity contribution < 1.29 is 0 Å². The van der Waals surface area contributed by atoms with Crippen LogP contribution < -0.4 is 0 Å². The SMILES string of the molecule is CCc1ccccc1.CN=C(C)c1ccccc1.Cc1ccc(C(C)C)cc1.Cc1ccccc1.Cc1ccccc1C.Cc1ccccc1C. The number of benzene rings is 6. The highest BCUT2D eigenvalue weighted by molar-refractivity contribution is 5.98. The second kappa shape index (κ2) is 26.8. The zero-order valence-corrected chi connectivity index (χ0v) is 33.3. The Bertz CT molecular complexity index is 1650. The highest BCUT2D eigenvalue weighted by Crippen LogP contribution is 2.13. The van der Waals surface area contributed by atoms with Gasteiger partial charge in [0, 0.05) is 12.8 Å². The van der Waals surface area contributed by atoms with Crippen molar-refractivity contribution in [3.05, 3.63) is 214 Å². The molecular weight excluding hydrogens is 615 g/mol. The van der Waals surface area contributed by atoms with Gasteiger partial charge in [-0.25, -0.2) is 0 Å². The molecule has 0 aliphatic heterocycles. The summed E-state index contributed by atoms with van der Waals surface area (Å²) in [5, 5.41) is 0. The number of hydrogen-bond acceptors (Lipinski definition) is 1. The number of aliphatic imine (C=N–C) groups is 1. The van der Waals surface area contributed by atoms with Crippen LogP contribution in [0.4, 0.5) is 0 Å². The first-order valence-corrected chi connectivity index (χ1v) is 18.1. The molecule has 1 heteroatoms. The number of rotatable bonds is 3. The van der Waals surface area contributed by atoms with Crippen molar-refractivity contribution in [1.29, 1.82) is 0 Å². The van der Waals surface area contributed by atoms with E-state index in [1.54, 1.807) is 0 Å². The first-order chi connectivity index (χ1) is 24.5. The molecule has 6 aromatic rings. The van der Waals surface area contributed by atoms with E-state index in [2.05, 4.69) is 189 Å². The quantitative estimate of drug-likeness (QED) is 0.165. The van der Waals surface area contributed by atoms with E-state index in [1.165, 1.54) is 50.1 Å². The van der Waals surface area contributed by atoms with Gasteiger partial charge >= 0.3 is 0 Å². The smallest absolute Gasteiger partial charge is 0.0386 e. The molecule has 0 radical (unpaired) electrons. The van der Waals surface area contributed by atoms with E-state index in [0.717, 1.165) is 12.1 Å². The van der Waals surface area contributed by atoms with E-state index in [-0.39, 0.29) is 0 Å². The number of nitrogens with zero attached hydrogens (tertiary/aromatic N) is 1. The van der Waals surface area contributed by atoms with E-state index in [1.807, 2.05) is 56.4 Å². The largest absolute Gasteiger partial charge is 0.293 e. The minimum atomic E-state index is 0.653. The molecule has 6 rings (SSSR count). The highest BCUT2D eigenvalue weighted by atomic mass is 14.7. The highest BCUT2D eigenvalue weighted by Gasteiger charge is 1.95. The molecule has 0 saturated heterocycles. The Labute approximate surface area is 312 Å². The molecule has 51 heavy (non-hydrogen) atoms. The number of hydrogen-bond donors (Lipinski definition) is 0. The van der Waals surface area contributed by atoms with Crippen LogP contribution in [0.5, 0.6) is 0 Å². The van der Waals surface area contributed by atoms with Crippen LogP contribution in [0.25, 0.3) is 0 Å². The summed E-state index contributed by atoms with van der Waals surface area (Å²) in [7, 11) is 1.81. The molecule has 0 saturated carbocycles. The summed E-state index contributed by atoms with van der Waals surface area (Å²) >= 11 is 0. The van der Waals surface area contributed by atoms with Crippen molar-refractivity contribution in [2.24, 2.45) is 4.99 Å². The molecule has 0 aliphatic rings. The summed E-state index contributed by atoms with van der Waals surface area (Å²) in [6, 6.07) is 56.3. The standard InChI is InChI=1S/C10H14.C9H11N.3C8H10.C7H8/c1-8(2)10-6-4-9(3)5-7-10;1-8(10-2)9-6-4-3-5-7-9;2*1-7-5-3-4-6-8(7)2;1-2-8-6-4-3-5-7-8;1-7-5-3-2-4-6-7/h4-8H,1-3H3;3-7H,1-2H3;2*3-6H,1-2H3;3-7H,2H2,1H3;2-6H,1H3. The topological polar surface area (TPSA) is 12.4 Å². The fourth-order valence-electron chi connectivity index (χ4n) is 4.33. The molecule has 0 fully saturated rings. The summed E-state index contributed by atoms with van der Waals surface area (Å²) in [5.74, 6) is 0.653. The van der Waals surface area contributed by atoms with Crippen molar-refractivity contribution in [3.8, 4) is 0 Å². The molecule has 0 bridgehead atoms. The Morgan fingerprint density at radius 2 is 0.784 bits per heavy atom. The zero-order valence-electron chi connectivity index (χ0n) is 33.3. The number of aryl methyl sites for hydroxylation is 7. The van der Waals surface area contributed by atoms with E-state index >= 15 is 0 Å². The van der Waals surface area contributed by atoms with Gasteiger partial charge in [0.15, 0.2) is 0 Å². The monoisotopic (exact) mass is 677 g/mol.